The summed E-state index contributed by atoms with van der Waals surface area (Å²) in [6.45, 7) is 5.54. The number of likely N-dealkylation sites (tertiary alicyclic amines) is 1. The first kappa shape index (κ1) is 25.1. The average Bonchev–Trinajstić information content (AvgIpc) is 3.58. The van der Waals surface area contributed by atoms with E-state index in [0.29, 0.717) is 61.7 Å². The van der Waals surface area contributed by atoms with Crippen molar-refractivity contribution in [3.63, 3.8) is 0 Å². The number of hydrogen-bond donors (Lipinski definition) is 2. The zero-order valence-corrected chi connectivity index (χ0v) is 22.3. The number of piperidine rings is 1. The zero-order chi connectivity index (χ0) is 27.6. The summed E-state index contributed by atoms with van der Waals surface area (Å²) in [5, 5.41) is 2.62. The van der Waals surface area contributed by atoms with E-state index in [4.69, 9.17) is 15.2 Å². The quantitative estimate of drug-likeness (QED) is 0.486. The number of amides is 2. The molecule has 1 aromatic carbocycles. The molecule has 0 saturated carbocycles. The van der Waals surface area contributed by atoms with Gasteiger partial charge in [0, 0.05) is 45.6 Å². The number of halogens is 1. The van der Waals surface area contributed by atoms with Crippen LogP contribution in [0.15, 0.2) is 12.3 Å². The zero-order valence-electron chi connectivity index (χ0n) is 22.3. The summed E-state index contributed by atoms with van der Waals surface area (Å²) in [5.74, 6) is 1.37. The van der Waals surface area contributed by atoms with Crippen molar-refractivity contribution in [3.05, 3.63) is 35.0 Å². The molecule has 3 N–H and O–H groups in total. The molecule has 2 aromatic heterocycles. The molecular weight excluding hydrogens is 519 g/mol. The number of benzene rings is 1. The Balaban J connectivity index is 0.995. The van der Waals surface area contributed by atoms with E-state index in [1.54, 1.807) is 0 Å². The van der Waals surface area contributed by atoms with Crippen molar-refractivity contribution in [3.8, 4) is 5.88 Å². The van der Waals surface area contributed by atoms with Crippen LogP contribution in [0, 0.1) is 18.7 Å². The highest BCUT2D eigenvalue weighted by Crippen LogP contribution is 2.38. The van der Waals surface area contributed by atoms with E-state index >= 15 is 4.39 Å². The SMILES string of the molecule is Cc1nc2cc3c(c(F)c2n1CCN)CC(CN1CCC2(CC1)CN(c1cnc4c(n1)NC(=O)CO4)C(=O)O2)C3. The fraction of sp³-hybridized carbons (Fsp3) is 0.519. The second-order valence-electron chi connectivity index (χ2n) is 11.2. The number of rotatable bonds is 5. The molecule has 12 nitrogen and oxygen atoms in total. The summed E-state index contributed by atoms with van der Waals surface area (Å²) in [5.41, 5.74) is 8.28. The lowest BCUT2D eigenvalue weighted by molar-refractivity contribution is -0.118. The maximum Gasteiger partial charge on any atom is 0.416 e. The molecule has 2 fully saturated rings. The highest BCUT2D eigenvalue weighted by molar-refractivity contribution is 5.94. The van der Waals surface area contributed by atoms with Gasteiger partial charge in [0.1, 0.15) is 16.9 Å². The Labute approximate surface area is 229 Å². The van der Waals surface area contributed by atoms with E-state index in [9.17, 15) is 9.59 Å². The third kappa shape index (κ3) is 4.15. The van der Waals surface area contributed by atoms with Crippen molar-refractivity contribution in [1.29, 1.82) is 0 Å². The van der Waals surface area contributed by atoms with Gasteiger partial charge in [-0.05, 0) is 42.9 Å². The number of aryl methyl sites for hydroxylation is 1. The molecule has 40 heavy (non-hydrogen) atoms. The Morgan fingerprint density at radius 3 is 2.85 bits per heavy atom. The van der Waals surface area contributed by atoms with Crippen LogP contribution in [0.1, 0.15) is 29.8 Å². The Morgan fingerprint density at radius 1 is 1.23 bits per heavy atom. The van der Waals surface area contributed by atoms with E-state index in [1.807, 2.05) is 17.6 Å². The van der Waals surface area contributed by atoms with Crippen LogP contribution < -0.4 is 20.7 Å². The van der Waals surface area contributed by atoms with E-state index in [0.717, 1.165) is 43.0 Å². The number of nitrogens with zero attached hydrogens (tertiary/aromatic N) is 6. The predicted molar refractivity (Wildman–Crippen MR) is 143 cm³/mol. The smallest absolute Gasteiger partial charge is 0.416 e. The lowest BCUT2D eigenvalue weighted by Gasteiger charge is -2.38. The molecular formula is C27H31FN8O4. The van der Waals surface area contributed by atoms with Gasteiger partial charge in [-0.3, -0.25) is 9.69 Å². The van der Waals surface area contributed by atoms with Gasteiger partial charge in [0.05, 0.1) is 18.3 Å². The molecule has 210 valence electrons. The Bertz CT molecular complexity index is 1530. The minimum absolute atomic E-state index is 0.113. The number of nitrogens with one attached hydrogen (secondary N) is 1. The third-order valence-electron chi connectivity index (χ3n) is 8.57. The summed E-state index contributed by atoms with van der Waals surface area (Å²) < 4.78 is 28.7. The molecule has 0 radical (unpaired) electrons. The second-order valence-corrected chi connectivity index (χ2v) is 11.2. The minimum atomic E-state index is -0.598. The number of carbonyl (C=O) groups excluding carboxylic acids is 2. The molecule has 4 aliphatic rings. The maximum atomic E-state index is 15.6. The van der Waals surface area contributed by atoms with Gasteiger partial charge < -0.3 is 30.0 Å². The fourth-order valence-corrected chi connectivity index (χ4v) is 6.62. The molecule has 0 bridgehead atoms. The van der Waals surface area contributed by atoms with Crippen LogP contribution in [0.3, 0.4) is 0 Å². The van der Waals surface area contributed by atoms with Gasteiger partial charge in [0.25, 0.3) is 11.8 Å². The summed E-state index contributed by atoms with van der Waals surface area (Å²) in [4.78, 5) is 41.5. The van der Waals surface area contributed by atoms with Crippen LogP contribution in [-0.2, 0) is 28.9 Å². The van der Waals surface area contributed by atoms with E-state index in [2.05, 4.69) is 25.2 Å². The number of fused-ring (bicyclic) bond motifs is 3. The van der Waals surface area contributed by atoms with Gasteiger partial charge in [-0.15, -0.1) is 0 Å². The second kappa shape index (κ2) is 9.37. The van der Waals surface area contributed by atoms with Crippen molar-refractivity contribution in [2.75, 3.05) is 49.5 Å². The molecule has 7 rings (SSSR count). The van der Waals surface area contributed by atoms with E-state index in [-0.39, 0.29) is 30.0 Å². The summed E-state index contributed by atoms with van der Waals surface area (Å²) in [7, 11) is 0. The highest BCUT2D eigenvalue weighted by atomic mass is 19.1. The summed E-state index contributed by atoms with van der Waals surface area (Å²) >= 11 is 0. The Kier molecular flexibility index (Phi) is 5.89. The Morgan fingerprint density at radius 2 is 2.05 bits per heavy atom. The highest BCUT2D eigenvalue weighted by Gasteiger charge is 2.48. The van der Waals surface area contributed by atoms with Gasteiger partial charge in [-0.2, -0.15) is 0 Å². The van der Waals surface area contributed by atoms with Gasteiger partial charge in [-0.1, -0.05) is 0 Å². The molecule has 1 spiro atoms. The van der Waals surface area contributed by atoms with E-state index < -0.39 is 11.7 Å². The molecule has 3 aliphatic heterocycles. The van der Waals surface area contributed by atoms with Crippen molar-refractivity contribution in [2.24, 2.45) is 11.7 Å². The number of imidazole rings is 1. The monoisotopic (exact) mass is 550 g/mol. The molecule has 5 heterocycles. The van der Waals surface area contributed by atoms with Crippen molar-refractivity contribution in [2.45, 2.75) is 44.8 Å². The van der Waals surface area contributed by atoms with E-state index in [1.165, 1.54) is 11.1 Å². The van der Waals surface area contributed by atoms with Crippen LogP contribution in [0.25, 0.3) is 11.0 Å². The number of hydrogen-bond acceptors (Lipinski definition) is 9. The minimum Gasteiger partial charge on any atom is -0.465 e. The maximum absolute atomic E-state index is 15.6. The molecule has 1 unspecified atom stereocenters. The molecule has 2 saturated heterocycles. The van der Waals surface area contributed by atoms with Gasteiger partial charge in [-0.25, -0.2) is 24.1 Å². The summed E-state index contributed by atoms with van der Waals surface area (Å²) in [6, 6.07) is 2.05. The number of anilines is 2. The molecule has 3 aromatic rings. The fourth-order valence-electron chi connectivity index (χ4n) is 6.62. The van der Waals surface area contributed by atoms with Crippen LogP contribution in [0.4, 0.5) is 20.8 Å². The first-order valence-electron chi connectivity index (χ1n) is 13.7. The van der Waals surface area contributed by atoms with Crippen molar-refractivity contribution < 1.29 is 23.5 Å². The van der Waals surface area contributed by atoms with Crippen LogP contribution in [-0.4, -0.2) is 81.4 Å². The molecule has 1 aliphatic carbocycles. The lowest BCUT2D eigenvalue weighted by Crippen LogP contribution is -2.48. The largest absolute Gasteiger partial charge is 0.465 e. The standard InChI is InChI=1S/C27H31FN8O4/c1-15-31-19-10-17-8-16(9-18(17)22(28)23(19)35(15)7-4-29)12-34-5-2-27(3-6-34)14-36(26(38)40-27)20-11-30-25-24(32-20)33-21(37)13-39-25/h10-11,16H,2-9,12-14,29H2,1H3,(H,32,33,37). The lowest BCUT2D eigenvalue weighted by atomic mass is 9.90. The topological polar surface area (TPSA) is 141 Å². The first-order chi connectivity index (χ1) is 19.3. The van der Waals surface area contributed by atoms with Crippen molar-refractivity contribution >= 4 is 34.7 Å². The third-order valence-corrected chi connectivity index (χ3v) is 8.57. The van der Waals surface area contributed by atoms with Crippen molar-refractivity contribution in [1.82, 2.24) is 24.4 Å². The number of aromatic nitrogens is 4. The number of nitrogens with two attached hydrogens (primary N) is 1. The van der Waals surface area contributed by atoms with Crippen LogP contribution in [0.5, 0.6) is 5.88 Å². The normalized spacial score (nSPS) is 21.9. The number of carbonyl (C=O) groups is 2. The summed E-state index contributed by atoms with van der Waals surface area (Å²) in [6.07, 6.45) is 3.90. The number of ether oxygens (including phenoxy) is 2. The molecule has 13 heteroatoms. The Hall–Kier alpha value is -3.84. The molecule has 1 atom stereocenters. The van der Waals surface area contributed by atoms with Gasteiger partial charge >= 0.3 is 6.09 Å². The van der Waals surface area contributed by atoms with Gasteiger partial charge in [0.2, 0.25) is 0 Å². The predicted octanol–water partition coefficient (Wildman–Crippen LogP) is 1.77. The van der Waals surface area contributed by atoms with Gasteiger partial charge in [0.15, 0.2) is 24.1 Å². The first-order valence-corrected chi connectivity index (χ1v) is 13.7. The van der Waals surface area contributed by atoms with Crippen LogP contribution >= 0.6 is 0 Å². The van der Waals surface area contributed by atoms with Crippen LogP contribution in [0.2, 0.25) is 0 Å². The molecule has 2 amide bonds. The average molecular weight is 551 g/mol.